The maximum atomic E-state index is 12.1. The summed E-state index contributed by atoms with van der Waals surface area (Å²) >= 11 is 11.6. The zero-order valence-corrected chi connectivity index (χ0v) is 13.9. The third-order valence-electron chi connectivity index (χ3n) is 3.06. The predicted molar refractivity (Wildman–Crippen MR) is 88.3 cm³/mol. The van der Waals surface area contributed by atoms with Gasteiger partial charge in [0.05, 0.1) is 10.7 Å². The summed E-state index contributed by atoms with van der Waals surface area (Å²) in [5.41, 5.74) is 5.41. The van der Waals surface area contributed by atoms with E-state index in [2.05, 4.69) is 31.4 Å². The molecular weight excluding hydrogens is 369 g/mol. The number of halogens is 2. The first kappa shape index (κ1) is 16.8. The van der Waals surface area contributed by atoms with Crippen LogP contribution < -0.4 is 10.9 Å². The molecule has 2 heterocycles. The van der Waals surface area contributed by atoms with Gasteiger partial charge in [0, 0.05) is 5.56 Å². The fourth-order valence-corrected chi connectivity index (χ4v) is 2.21. The Hall–Kier alpha value is -3.04. The number of tetrazole rings is 1. The largest absolute Gasteiger partial charge is 0.289 e. The van der Waals surface area contributed by atoms with Crippen LogP contribution in [0.1, 0.15) is 20.8 Å². The molecule has 0 spiro atoms. The molecule has 25 heavy (non-hydrogen) atoms. The van der Waals surface area contributed by atoms with Gasteiger partial charge in [-0.1, -0.05) is 23.2 Å². The average Bonchev–Trinajstić information content (AvgIpc) is 3.16. The van der Waals surface area contributed by atoms with Gasteiger partial charge in [0.15, 0.2) is 0 Å². The number of nitrogens with one attached hydrogen (secondary N) is 2. The Labute approximate surface area is 150 Å². The van der Waals surface area contributed by atoms with Crippen molar-refractivity contribution in [3.63, 3.8) is 0 Å². The molecule has 2 aromatic heterocycles. The van der Waals surface area contributed by atoms with Gasteiger partial charge in [-0.05, 0) is 46.8 Å². The van der Waals surface area contributed by atoms with Crippen LogP contribution in [0.2, 0.25) is 10.2 Å². The number of nitrogens with zero attached hydrogens (tertiary/aromatic N) is 5. The summed E-state index contributed by atoms with van der Waals surface area (Å²) < 4.78 is 1.44. The molecule has 2 N–H and O–H groups in total. The minimum absolute atomic E-state index is 0.0940. The van der Waals surface area contributed by atoms with Crippen molar-refractivity contribution in [3.8, 4) is 5.69 Å². The van der Waals surface area contributed by atoms with Crippen LogP contribution in [0.25, 0.3) is 5.69 Å². The number of pyridine rings is 1. The molecule has 9 nitrogen and oxygen atoms in total. The van der Waals surface area contributed by atoms with Crippen molar-refractivity contribution in [1.82, 2.24) is 36.0 Å². The minimum atomic E-state index is -0.689. The highest BCUT2D eigenvalue weighted by Crippen LogP contribution is 2.16. The fraction of sp³-hybridized carbons (Fsp3) is 0. The highest BCUT2D eigenvalue weighted by atomic mass is 35.5. The van der Waals surface area contributed by atoms with E-state index in [4.69, 9.17) is 23.2 Å². The second-order valence-electron chi connectivity index (χ2n) is 4.67. The van der Waals surface area contributed by atoms with Crippen LogP contribution in [0.4, 0.5) is 0 Å². The summed E-state index contributed by atoms with van der Waals surface area (Å²) in [6, 6.07) is 9.31. The quantitative estimate of drug-likeness (QED) is 0.527. The summed E-state index contributed by atoms with van der Waals surface area (Å²) in [5, 5.41) is 11.0. The standard InChI is InChI=1S/C14H9Cl2N7O2/c15-10-5-6-11(16)18-12(10)14(25)20-19-13(24)8-1-3-9(4-2-8)23-7-17-21-22-23/h1-7H,(H,19,24)(H,20,25). The lowest BCUT2D eigenvalue weighted by molar-refractivity contribution is 0.0844. The SMILES string of the molecule is O=C(NNC(=O)c1nc(Cl)ccc1Cl)c1ccc(-n2cnnn2)cc1. The van der Waals surface area contributed by atoms with Crippen LogP contribution in [0.3, 0.4) is 0 Å². The van der Waals surface area contributed by atoms with E-state index in [0.717, 1.165) is 0 Å². The van der Waals surface area contributed by atoms with E-state index in [9.17, 15) is 9.59 Å². The molecule has 0 aliphatic rings. The third kappa shape index (κ3) is 3.90. The number of hydrazine groups is 1. The fourth-order valence-electron chi connectivity index (χ4n) is 1.87. The zero-order chi connectivity index (χ0) is 17.8. The molecule has 11 heteroatoms. The van der Waals surface area contributed by atoms with Crippen molar-refractivity contribution in [3.05, 3.63) is 64.2 Å². The molecule has 0 aliphatic carbocycles. The maximum Gasteiger partial charge on any atom is 0.289 e. The summed E-state index contributed by atoms with van der Waals surface area (Å²) in [4.78, 5) is 27.9. The smallest absolute Gasteiger partial charge is 0.267 e. The summed E-state index contributed by atoms with van der Waals surface area (Å²) in [6.45, 7) is 0. The first-order valence-electron chi connectivity index (χ1n) is 6.81. The predicted octanol–water partition coefficient (Wildman–Crippen LogP) is 1.44. The highest BCUT2D eigenvalue weighted by Gasteiger charge is 2.14. The molecule has 0 fully saturated rings. The van der Waals surface area contributed by atoms with Gasteiger partial charge in [-0.3, -0.25) is 20.4 Å². The monoisotopic (exact) mass is 377 g/mol. The lowest BCUT2D eigenvalue weighted by Gasteiger charge is -2.08. The Morgan fingerprint density at radius 2 is 1.68 bits per heavy atom. The normalized spacial score (nSPS) is 10.3. The molecule has 3 aromatic rings. The number of carbonyl (C=O) groups excluding carboxylic acids is 2. The molecule has 3 rings (SSSR count). The number of aromatic nitrogens is 5. The van der Waals surface area contributed by atoms with E-state index >= 15 is 0 Å². The summed E-state index contributed by atoms with van der Waals surface area (Å²) in [7, 11) is 0. The molecule has 0 radical (unpaired) electrons. The minimum Gasteiger partial charge on any atom is -0.267 e. The Bertz CT molecular complexity index is 913. The Morgan fingerprint density at radius 3 is 2.36 bits per heavy atom. The van der Waals surface area contributed by atoms with Crippen molar-refractivity contribution in [1.29, 1.82) is 0 Å². The van der Waals surface area contributed by atoms with Gasteiger partial charge in [0.25, 0.3) is 11.8 Å². The zero-order valence-electron chi connectivity index (χ0n) is 12.3. The van der Waals surface area contributed by atoms with Crippen molar-refractivity contribution < 1.29 is 9.59 Å². The average molecular weight is 378 g/mol. The van der Waals surface area contributed by atoms with Crippen molar-refractivity contribution in [2.45, 2.75) is 0 Å². The lowest BCUT2D eigenvalue weighted by Crippen LogP contribution is -2.42. The molecule has 0 saturated heterocycles. The van der Waals surface area contributed by atoms with Gasteiger partial charge in [0.1, 0.15) is 17.2 Å². The van der Waals surface area contributed by atoms with Crippen LogP contribution in [0, 0.1) is 0 Å². The topological polar surface area (TPSA) is 115 Å². The number of hydrogen-bond acceptors (Lipinski definition) is 6. The van der Waals surface area contributed by atoms with E-state index in [1.54, 1.807) is 24.3 Å². The highest BCUT2D eigenvalue weighted by molar-refractivity contribution is 6.34. The number of rotatable bonds is 3. The first-order chi connectivity index (χ1) is 12.0. The lowest BCUT2D eigenvalue weighted by atomic mass is 10.2. The summed E-state index contributed by atoms with van der Waals surface area (Å²) in [6.07, 6.45) is 1.43. The molecule has 2 amide bonds. The Morgan fingerprint density at radius 1 is 0.960 bits per heavy atom. The number of amides is 2. The van der Waals surface area contributed by atoms with E-state index in [1.807, 2.05) is 0 Å². The van der Waals surface area contributed by atoms with Crippen LogP contribution in [-0.2, 0) is 0 Å². The van der Waals surface area contributed by atoms with Crippen molar-refractivity contribution in [2.75, 3.05) is 0 Å². The molecular formula is C14H9Cl2N7O2. The van der Waals surface area contributed by atoms with Crippen LogP contribution in [0.15, 0.2) is 42.7 Å². The second-order valence-corrected chi connectivity index (χ2v) is 5.47. The number of benzene rings is 1. The molecule has 1 aromatic carbocycles. The summed E-state index contributed by atoms with van der Waals surface area (Å²) in [5.74, 6) is -1.21. The van der Waals surface area contributed by atoms with Crippen molar-refractivity contribution >= 4 is 35.0 Å². The van der Waals surface area contributed by atoms with Gasteiger partial charge in [-0.25, -0.2) is 9.67 Å². The van der Waals surface area contributed by atoms with Gasteiger partial charge in [-0.2, -0.15) is 0 Å². The van der Waals surface area contributed by atoms with Crippen molar-refractivity contribution in [2.24, 2.45) is 0 Å². The molecule has 0 aliphatic heterocycles. The van der Waals surface area contributed by atoms with E-state index < -0.39 is 11.8 Å². The van der Waals surface area contributed by atoms with E-state index in [0.29, 0.717) is 11.3 Å². The number of carbonyl (C=O) groups is 2. The second kappa shape index (κ2) is 7.24. The van der Waals surface area contributed by atoms with Crippen LogP contribution in [0.5, 0.6) is 0 Å². The van der Waals surface area contributed by atoms with Crippen LogP contribution in [-0.4, -0.2) is 37.0 Å². The molecule has 0 bridgehead atoms. The maximum absolute atomic E-state index is 12.1. The van der Waals surface area contributed by atoms with Gasteiger partial charge < -0.3 is 0 Å². The Kier molecular flexibility index (Phi) is 4.87. The Balaban J connectivity index is 1.64. The molecule has 0 atom stereocenters. The molecule has 0 unspecified atom stereocenters. The molecule has 126 valence electrons. The van der Waals surface area contributed by atoms with Gasteiger partial charge >= 0.3 is 0 Å². The van der Waals surface area contributed by atoms with Crippen LogP contribution >= 0.6 is 23.2 Å². The molecule has 0 saturated carbocycles. The first-order valence-corrected chi connectivity index (χ1v) is 7.56. The van der Waals surface area contributed by atoms with E-state index in [1.165, 1.54) is 23.1 Å². The number of hydrogen-bond donors (Lipinski definition) is 2. The van der Waals surface area contributed by atoms with Gasteiger partial charge in [-0.15, -0.1) is 5.10 Å². The van der Waals surface area contributed by atoms with Gasteiger partial charge in [0.2, 0.25) is 0 Å². The third-order valence-corrected chi connectivity index (χ3v) is 3.58. The van der Waals surface area contributed by atoms with E-state index in [-0.39, 0.29) is 15.9 Å².